The largest absolute Gasteiger partial charge is 0.507 e. The van der Waals surface area contributed by atoms with Crippen molar-refractivity contribution in [1.82, 2.24) is 0 Å². The van der Waals surface area contributed by atoms with Gasteiger partial charge in [-0.05, 0) is 48.0 Å². The molecule has 1 atom stereocenters. The standard InChI is InChI=1S/C26H21ClN2O5/c1-15(30)28-18-9-11-19(12-10-18)29-23(16-6-4-3-5-7-16)22(25(32)26(29)33)24(31)17-8-13-20(27)21(14-17)34-2/h3-14,23,31H,1-2H3,(H,28,30)/b24-22-. The number of Topliss-reactive ketones (excluding diaryl/α,β-unsaturated/α-hetero) is 1. The van der Waals surface area contributed by atoms with E-state index in [9.17, 15) is 19.5 Å². The quantitative estimate of drug-likeness (QED) is 0.309. The molecule has 1 aliphatic heterocycles. The zero-order chi connectivity index (χ0) is 24.4. The lowest BCUT2D eigenvalue weighted by atomic mass is 9.95. The molecule has 34 heavy (non-hydrogen) atoms. The van der Waals surface area contributed by atoms with Gasteiger partial charge in [0.1, 0.15) is 11.5 Å². The van der Waals surface area contributed by atoms with Gasteiger partial charge in [-0.3, -0.25) is 19.3 Å². The van der Waals surface area contributed by atoms with Gasteiger partial charge in [0.15, 0.2) is 0 Å². The van der Waals surface area contributed by atoms with Gasteiger partial charge in [-0.25, -0.2) is 0 Å². The molecule has 1 unspecified atom stereocenters. The molecule has 172 valence electrons. The highest BCUT2D eigenvalue weighted by Gasteiger charge is 2.46. The van der Waals surface area contributed by atoms with Crippen LogP contribution in [0.4, 0.5) is 11.4 Å². The van der Waals surface area contributed by atoms with Crippen LogP contribution in [-0.2, 0) is 14.4 Å². The first kappa shape index (κ1) is 23.1. The SMILES string of the molecule is COc1cc(/C(O)=C2/C(=O)C(=O)N(c3ccc(NC(C)=O)cc3)C2c2ccccc2)ccc1Cl. The minimum Gasteiger partial charge on any atom is -0.507 e. The number of ketones is 1. The summed E-state index contributed by atoms with van der Waals surface area (Å²) in [6.45, 7) is 1.40. The number of carbonyl (C=O) groups excluding carboxylic acids is 3. The van der Waals surface area contributed by atoms with E-state index in [-0.39, 0.29) is 17.2 Å². The summed E-state index contributed by atoms with van der Waals surface area (Å²) in [6, 6.07) is 19.3. The van der Waals surface area contributed by atoms with E-state index in [1.54, 1.807) is 60.7 Å². The van der Waals surface area contributed by atoms with Gasteiger partial charge >= 0.3 is 0 Å². The number of nitrogens with one attached hydrogen (secondary N) is 1. The number of ether oxygens (including phenoxy) is 1. The molecule has 0 spiro atoms. The van der Waals surface area contributed by atoms with Crippen LogP contribution < -0.4 is 15.0 Å². The Morgan fingerprint density at radius 3 is 2.32 bits per heavy atom. The van der Waals surface area contributed by atoms with Crippen LogP contribution in [0, 0.1) is 0 Å². The summed E-state index contributed by atoms with van der Waals surface area (Å²) >= 11 is 6.11. The number of hydrogen-bond acceptors (Lipinski definition) is 5. The lowest BCUT2D eigenvalue weighted by molar-refractivity contribution is -0.132. The van der Waals surface area contributed by atoms with E-state index in [0.29, 0.717) is 33.3 Å². The minimum atomic E-state index is -0.866. The van der Waals surface area contributed by atoms with Gasteiger partial charge in [-0.2, -0.15) is 0 Å². The lowest BCUT2D eigenvalue weighted by Crippen LogP contribution is -2.29. The van der Waals surface area contributed by atoms with Crippen LogP contribution in [0.15, 0.2) is 78.4 Å². The van der Waals surface area contributed by atoms with Crippen LogP contribution in [0.5, 0.6) is 5.75 Å². The second-order valence-corrected chi connectivity index (χ2v) is 8.06. The van der Waals surface area contributed by atoms with Crippen molar-refractivity contribution in [3.05, 3.63) is 94.5 Å². The van der Waals surface area contributed by atoms with Gasteiger partial charge in [0.2, 0.25) is 5.91 Å². The lowest BCUT2D eigenvalue weighted by Gasteiger charge is -2.25. The Hall–Kier alpha value is -4.10. The van der Waals surface area contributed by atoms with Crippen molar-refractivity contribution >= 4 is 46.3 Å². The van der Waals surface area contributed by atoms with E-state index in [4.69, 9.17) is 16.3 Å². The number of hydrogen-bond donors (Lipinski definition) is 2. The number of rotatable bonds is 5. The number of aliphatic hydroxyl groups excluding tert-OH is 1. The molecular formula is C26H21ClN2O5. The molecule has 3 aromatic rings. The molecule has 0 aliphatic carbocycles. The third-order valence-corrected chi connectivity index (χ3v) is 5.76. The van der Waals surface area contributed by atoms with E-state index in [0.717, 1.165) is 0 Å². The molecule has 7 nitrogen and oxygen atoms in total. The number of carbonyl (C=O) groups is 3. The first-order chi connectivity index (χ1) is 16.3. The molecule has 0 aromatic heterocycles. The highest BCUT2D eigenvalue weighted by atomic mass is 35.5. The molecular weight excluding hydrogens is 456 g/mol. The Morgan fingerprint density at radius 1 is 1.03 bits per heavy atom. The first-order valence-corrected chi connectivity index (χ1v) is 10.8. The maximum absolute atomic E-state index is 13.2. The number of nitrogens with zero attached hydrogens (tertiary/aromatic N) is 1. The normalized spacial score (nSPS) is 17.0. The number of anilines is 2. The summed E-state index contributed by atoms with van der Waals surface area (Å²) in [5.74, 6) is -1.82. The third kappa shape index (κ3) is 4.25. The van der Waals surface area contributed by atoms with Crippen molar-refractivity contribution in [2.75, 3.05) is 17.3 Å². The topological polar surface area (TPSA) is 95.9 Å². The predicted octanol–water partition coefficient (Wildman–Crippen LogP) is 4.93. The van der Waals surface area contributed by atoms with Gasteiger partial charge in [0.05, 0.1) is 23.7 Å². The molecule has 1 fully saturated rings. The second-order valence-electron chi connectivity index (χ2n) is 7.66. The zero-order valence-electron chi connectivity index (χ0n) is 18.4. The molecule has 2 N–H and O–H groups in total. The highest BCUT2D eigenvalue weighted by Crippen LogP contribution is 2.42. The molecule has 2 amide bonds. The number of methoxy groups -OCH3 is 1. The highest BCUT2D eigenvalue weighted by molar-refractivity contribution is 6.51. The summed E-state index contributed by atoms with van der Waals surface area (Å²) in [5.41, 5.74) is 1.89. The number of benzene rings is 3. The van der Waals surface area contributed by atoms with Crippen molar-refractivity contribution in [3.63, 3.8) is 0 Å². The maximum Gasteiger partial charge on any atom is 0.300 e. The average molecular weight is 477 g/mol. The van der Waals surface area contributed by atoms with Gasteiger partial charge in [0, 0.05) is 23.9 Å². The molecule has 4 rings (SSSR count). The van der Waals surface area contributed by atoms with Gasteiger partial charge in [-0.15, -0.1) is 0 Å². The summed E-state index contributed by atoms with van der Waals surface area (Å²) in [7, 11) is 1.44. The Morgan fingerprint density at radius 2 is 1.71 bits per heavy atom. The molecule has 0 radical (unpaired) electrons. The number of amides is 2. The van der Waals surface area contributed by atoms with Gasteiger partial charge in [-0.1, -0.05) is 41.9 Å². The molecule has 1 saturated heterocycles. The number of aliphatic hydroxyl groups is 1. The molecule has 1 heterocycles. The first-order valence-electron chi connectivity index (χ1n) is 10.4. The third-order valence-electron chi connectivity index (χ3n) is 5.45. The predicted molar refractivity (Wildman–Crippen MR) is 130 cm³/mol. The van der Waals surface area contributed by atoms with Crippen LogP contribution in [0.25, 0.3) is 5.76 Å². The zero-order valence-corrected chi connectivity index (χ0v) is 19.2. The maximum atomic E-state index is 13.2. The molecule has 8 heteroatoms. The van der Waals surface area contributed by atoms with Crippen LogP contribution in [-0.4, -0.2) is 29.8 Å². The van der Waals surface area contributed by atoms with E-state index >= 15 is 0 Å². The van der Waals surface area contributed by atoms with E-state index < -0.39 is 17.7 Å². The molecule has 0 saturated carbocycles. The van der Waals surface area contributed by atoms with E-state index in [1.165, 1.54) is 25.0 Å². The van der Waals surface area contributed by atoms with Crippen molar-refractivity contribution in [3.8, 4) is 5.75 Å². The van der Waals surface area contributed by atoms with Gasteiger partial charge < -0.3 is 15.2 Å². The smallest absolute Gasteiger partial charge is 0.300 e. The van der Waals surface area contributed by atoms with Crippen LogP contribution in [0.3, 0.4) is 0 Å². The average Bonchev–Trinajstić information content (AvgIpc) is 3.10. The molecule has 0 bridgehead atoms. The number of halogens is 1. The van der Waals surface area contributed by atoms with Gasteiger partial charge in [0.25, 0.3) is 11.7 Å². The Bertz CT molecular complexity index is 1300. The Balaban J connectivity index is 1.87. The fourth-order valence-corrected chi connectivity index (χ4v) is 4.12. The fourth-order valence-electron chi connectivity index (χ4n) is 3.92. The van der Waals surface area contributed by atoms with Crippen LogP contribution in [0.1, 0.15) is 24.1 Å². The Labute approximate surface area is 201 Å². The summed E-state index contributed by atoms with van der Waals surface area (Å²) in [5, 5.41) is 14.2. The summed E-state index contributed by atoms with van der Waals surface area (Å²) in [4.78, 5) is 39.1. The minimum absolute atomic E-state index is 0.0495. The van der Waals surface area contributed by atoms with Crippen LogP contribution >= 0.6 is 11.6 Å². The Kier molecular flexibility index (Phi) is 6.38. The fraction of sp³-hybridized carbons (Fsp3) is 0.115. The molecule has 1 aliphatic rings. The monoisotopic (exact) mass is 476 g/mol. The molecule has 3 aromatic carbocycles. The summed E-state index contributed by atoms with van der Waals surface area (Å²) < 4.78 is 5.23. The van der Waals surface area contributed by atoms with Crippen molar-refractivity contribution < 1.29 is 24.2 Å². The van der Waals surface area contributed by atoms with Crippen molar-refractivity contribution in [1.29, 1.82) is 0 Å². The van der Waals surface area contributed by atoms with E-state index in [2.05, 4.69) is 5.32 Å². The van der Waals surface area contributed by atoms with E-state index in [1.807, 2.05) is 6.07 Å². The van der Waals surface area contributed by atoms with Crippen molar-refractivity contribution in [2.45, 2.75) is 13.0 Å². The second kappa shape index (κ2) is 9.41. The van der Waals surface area contributed by atoms with Crippen LogP contribution in [0.2, 0.25) is 5.02 Å². The van der Waals surface area contributed by atoms with Crippen molar-refractivity contribution in [2.24, 2.45) is 0 Å². The summed E-state index contributed by atoms with van der Waals surface area (Å²) in [6.07, 6.45) is 0.